The molecule has 0 fully saturated rings. The van der Waals surface area contributed by atoms with Crippen LogP contribution >= 0.6 is 0 Å². The highest BCUT2D eigenvalue weighted by Gasteiger charge is 2.13. The second-order valence-corrected chi connectivity index (χ2v) is 4.18. The number of nitrogen functional groups attached to an aromatic ring is 1. The summed E-state index contributed by atoms with van der Waals surface area (Å²) in [5.74, 6) is 0.901. The van der Waals surface area contributed by atoms with Gasteiger partial charge in [-0.05, 0) is 6.54 Å². The van der Waals surface area contributed by atoms with Crippen LogP contribution in [0.25, 0.3) is 0 Å². The molecule has 0 aromatic carbocycles. The van der Waals surface area contributed by atoms with Gasteiger partial charge in [0, 0.05) is 14.1 Å². The van der Waals surface area contributed by atoms with Crippen LogP contribution in [0.15, 0.2) is 0 Å². The highest BCUT2D eigenvalue weighted by atomic mass is 16.5. The summed E-state index contributed by atoms with van der Waals surface area (Å²) in [4.78, 5) is 27.2. The predicted molar refractivity (Wildman–Crippen MR) is 71.5 cm³/mol. The fourth-order valence-corrected chi connectivity index (χ4v) is 1.42. The summed E-state index contributed by atoms with van der Waals surface area (Å²) in [6.45, 7) is 3.23. The van der Waals surface area contributed by atoms with Crippen molar-refractivity contribution in [1.82, 2.24) is 19.9 Å². The Labute approximate surface area is 112 Å². The molecule has 0 aliphatic carbocycles. The van der Waals surface area contributed by atoms with Gasteiger partial charge < -0.3 is 15.4 Å². The number of anilines is 2. The van der Waals surface area contributed by atoms with E-state index in [1.807, 2.05) is 25.9 Å². The Morgan fingerprint density at radius 3 is 2.53 bits per heavy atom. The zero-order valence-electron chi connectivity index (χ0n) is 11.8. The number of aromatic nitrogens is 3. The van der Waals surface area contributed by atoms with Crippen LogP contribution in [0.4, 0.5) is 11.9 Å². The summed E-state index contributed by atoms with van der Waals surface area (Å²) in [5.41, 5.74) is 5.64. The highest BCUT2D eigenvalue weighted by Crippen LogP contribution is 2.07. The van der Waals surface area contributed by atoms with Gasteiger partial charge in [0.15, 0.2) is 0 Å². The van der Waals surface area contributed by atoms with E-state index in [2.05, 4.69) is 19.7 Å². The van der Waals surface area contributed by atoms with Crippen molar-refractivity contribution in [2.75, 3.05) is 44.9 Å². The number of rotatable bonds is 6. The summed E-state index contributed by atoms with van der Waals surface area (Å²) >= 11 is 0. The van der Waals surface area contributed by atoms with Crippen LogP contribution in [0, 0.1) is 0 Å². The molecule has 1 heterocycles. The summed E-state index contributed by atoms with van der Waals surface area (Å²) < 4.78 is 4.64. The molecule has 0 spiro atoms. The zero-order chi connectivity index (χ0) is 14.4. The van der Waals surface area contributed by atoms with Gasteiger partial charge in [0.1, 0.15) is 5.82 Å². The Balaban J connectivity index is 2.82. The first-order chi connectivity index (χ1) is 8.96. The SMILES string of the molecule is CCN(CC(=O)OC)Cc1nc(N)nc(N(C)C)n1. The number of carbonyl (C=O) groups excluding carboxylic acids is 1. The molecular weight excluding hydrogens is 248 g/mol. The predicted octanol–water partition coefficient (Wildman–Crippen LogP) is -0.485. The van der Waals surface area contributed by atoms with E-state index in [1.54, 1.807) is 4.90 Å². The molecule has 106 valence electrons. The molecule has 19 heavy (non-hydrogen) atoms. The molecule has 1 aromatic rings. The lowest BCUT2D eigenvalue weighted by Gasteiger charge is -2.18. The van der Waals surface area contributed by atoms with E-state index in [-0.39, 0.29) is 18.5 Å². The van der Waals surface area contributed by atoms with E-state index in [0.29, 0.717) is 24.9 Å². The first-order valence-corrected chi connectivity index (χ1v) is 5.93. The third-order valence-corrected chi connectivity index (χ3v) is 2.48. The molecule has 0 bridgehead atoms. The molecule has 0 radical (unpaired) electrons. The molecule has 8 nitrogen and oxygen atoms in total. The molecule has 2 N–H and O–H groups in total. The number of ether oxygens (including phenoxy) is 1. The third-order valence-electron chi connectivity index (χ3n) is 2.48. The second kappa shape index (κ2) is 6.83. The molecule has 0 saturated heterocycles. The smallest absolute Gasteiger partial charge is 0.319 e. The molecule has 0 amide bonds. The lowest BCUT2D eigenvalue weighted by molar-refractivity contribution is -0.142. The largest absolute Gasteiger partial charge is 0.468 e. The normalized spacial score (nSPS) is 10.6. The Morgan fingerprint density at radius 1 is 1.32 bits per heavy atom. The molecule has 8 heteroatoms. The van der Waals surface area contributed by atoms with Crippen molar-refractivity contribution in [3.63, 3.8) is 0 Å². The standard InChI is InChI=1S/C11H20N6O2/c1-5-17(7-9(18)19-4)6-8-13-10(12)15-11(14-8)16(2)3/h5-7H2,1-4H3,(H2,12,13,14,15). The molecule has 0 saturated carbocycles. The Bertz CT molecular complexity index is 437. The van der Waals surface area contributed by atoms with Crippen LogP contribution in [0.2, 0.25) is 0 Å². The number of hydrogen-bond donors (Lipinski definition) is 1. The van der Waals surface area contributed by atoms with E-state index in [4.69, 9.17) is 5.73 Å². The summed E-state index contributed by atoms with van der Waals surface area (Å²) in [6.07, 6.45) is 0. The lowest BCUT2D eigenvalue weighted by Crippen LogP contribution is -2.31. The molecule has 0 aliphatic heterocycles. The summed E-state index contributed by atoms with van der Waals surface area (Å²) in [5, 5.41) is 0. The van der Waals surface area contributed by atoms with Crippen LogP contribution in [-0.2, 0) is 16.1 Å². The van der Waals surface area contributed by atoms with E-state index >= 15 is 0 Å². The quantitative estimate of drug-likeness (QED) is 0.690. The summed E-state index contributed by atoms with van der Waals surface area (Å²) in [7, 11) is 5.01. The van der Waals surface area contributed by atoms with Crippen LogP contribution in [0.3, 0.4) is 0 Å². The number of methoxy groups -OCH3 is 1. The van der Waals surface area contributed by atoms with Crippen molar-refractivity contribution in [3.05, 3.63) is 5.82 Å². The number of likely N-dealkylation sites (N-methyl/N-ethyl adjacent to an activating group) is 1. The maximum atomic E-state index is 11.3. The van der Waals surface area contributed by atoms with Gasteiger partial charge in [-0.3, -0.25) is 9.69 Å². The van der Waals surface area contributed by atoms with E-state index in [9.17, 15) is 4.79 Å². The van der Waals surface area contributed by atoms with E-state index in [1.165, 1.54) is 7.11 Å². The zero-order valence-corrected chi connectivity index (χ0v) is 11.8. The van der Waals surface area contributed by atoms with Gasteiger partial charge in [0.05, 0.1) is 20.2 Å². The fraction of sp³-hybridized carbons (Fsp3) is 0.636. The minimum atomic E-state index is -0.295. The maximum absolute atomic E-state index is 11.3. The summed E-state index contributed by atoms with van der Waals surface area (Å²) in [6, 6.07) is 0. The first kappa shape index (κ1) is 15.1. The minimum absolute atomic E-state index is 0.169. The van der Waals surface area contributed by atoms with Gasteiger partial charge >= 0.3 is 5.97 Å². The van der Waals surface area contributed by atoms with Crippen molar-refractivity contribution < 1.29 is 9.53 Å². The van der Waals surface area contributed by atoms with Gasteiger partial charge in [0.2, 0.25) is 11.9 Å². The number of carbonyl (C=O) groups is 1. The first-order valence-electron chi connectivity index (χ1n) is 5.93. The Kier molecular flexibility index (Phi) is 5.43. The van der Waals surface area contributed by atoms with Crippen molar-refractivity contribution in [2.24, 2.45) is 0 Å². The Hall–Kier alpha value is -1.96. The van der Waals surface area contributed by atoms with Gasteiger partial charge in [-0.15, -0.1) is 0 Å². The van der Waals surface area contributed by atoms with Crippen molar-refractivity contribution >= 4 is 17.9 Å². The van der Waals surface area contributed by atoms with Gasteiger partial charge in [0.25, 0.3) is 0 Å². The maximum Gasteiger partial charge on any atom is 0.319 e. The average molecular weight is 268 g/mol. The fourth-order valence-electron chi connectivity index (χ4n) is 1.42. The number of nitrogens with zero attached hydrogens (tertiary/aromatic N) is 5. The topological polar surface area (TPSA) is 97.5 Å². The number of nitrogens with two attached hydrogens (primary N) is 1. The molecule has 0 aliphatic rings. The third kappa shape index (κ3) is 4.66. The van der Waals surface area contributed by atoms with Crippen LogP contribution in [0.5, 0.6) is 0 Å². The van der Waals surface area contributed by atoms with Crippen LogP contribution in [-0.4, -0.2) is 60.1 Å². The monoisotopic (exact) mass is 268 g/mol. The van der Waals surface area contributed by atoms with Crippen molar-refractivity contribution in [3.8, 4) is 0 Å². The molecule has 0 unspecified atom stereocenters. The van der Waals surface area contributed by atoms with Gasteiger partial charge in [-0.1, -0.05) is 6.92 Å². The van der Waals surface area contributed by atoms with Gasteiger partial charge in [-0.25, -0.2) is 0 Å². The van der Waals surface area contributed by atoms with E-state index in [0.717, 1.165) is 0 Å². The lowest BCUT2D eigenvalue weighted by atomic mass is 10.4. The molecular formula is C11H20N6O2. The van der Waals surface area contributed by atoms with Crippen molar-refractivity contribution in [1.29, 1.82) is 0 Å². The van der Waals surface area contributed by atoms with Crippen molar-refractivity contribution in [2.45, 2.75) is 13.5 Å². The van der Waals surface area contributed by atoms with Gasteiger partial charge in [-0.2, -0.15) is 15.0 Å². The molecule has 1 rings (SSSR count). The Morgan fingerprint density at radius 2 is 2.00 bits per heavy atom. The molecule has 0 atom stereocenters. The highest BCUT2D eigenvalue weighted by molar-refractivity contribution is 5.71. The second-order valence-electron chi connectivity index (χ2n) is 4.18. The average Bonchev–Trinajstić information content (AvgIpc) is 2.36. The van der Waals surface area contributed by atoms with E-state index < -0.39 is 0 Å². The number of hydrogen-bond acceptors (Lipinski definition) is 8. The number of esters is 1. The van der Waals surface area contributed by atoms with Crippen LogP contribution in [0.1, 0.15) is 12.7 Å². The van der Waals surface area contributed by atoms with Crippen LogP contribution < -0.4 is 10.6 Å². The molecule has 1 aromatic heterocycles. The minimum Gasteiger partial charge on any atom is -0.468 e.